The summed E-state index contributed by atoms with van der Waals surface area (Å²) in [5.74, 6) is 1.87. The van der Waals surface area contributed by atoms with Crippen molar-refractivity contribution in [3.63, 3.8) is 0 Å². The van der Waals surface area contributed by atoms with Crippen LogP contribution in [0.15, 0.2) is 42.9 Å². The van der Waals surface area contributed by atoms with Crippen LogP contribution in [0.1, 0.15) is 19.0 Å². The summed E-state index contributed by atoms with van der Waals surface area (Å²) in [5.41, 5.74) is 3.66. The number of thiazole rings is 1. The summed E-state index contributed by atoms with van der Waals surface area (Å²) in [6, 6.07) is 7.54. The monoisotopic (exact) mass is 448 g/mol. The van der Waals surface area contributed by atoms with Gasteiger partial charge in [-0.3, -0.25) is 4.98 Å². The van der Waals surface area contributed by atoms with Gasteiger partial charge < -0.3 is 14.8 Å². The Hall–Kier alpha value is -3.59. The predicted octanol–water partition coefficient (Wildman–Crippen LogP) is 4.87. The Morgan fingerprint density at radius 1 is 0.906 bits per heavy atom. The standard InChI is InChI=1S/C23H24N6O2S/c1-5-8-24-23-27-13-21(32-23)18-10-17(16-9-15(30-3)6-7-20(16)31-4)28-22(29-18)19-12-25-14(2)11-26-19/h6-7,9-13H,5,8H2,1-4H3,(H,24,27). The van der Waals surface area contributed by atoms with Crippen LogP contribution < -0.4 is 14.8 Å². The van der Waals surface area contributed by atoms with Gasteiger partial charge in [0.1, 0.15) is 17.2 Å². The first-order valence-electron chi connectivity index (χ1n) is 10.2. The molecule has 9 heteroatoms. The molecule has 0 saturated heterocycles. The smallest absolute Gasteiger partial charge is 0.183 e. The summed E-state index contributed by atoms with van der Waals surface area (Å²) in [7, 11) is 3.26. The molecule has 0 fully saturated rings. The SMILES string of the molecule is CCCNc1ncc(-c2cc(-c3cc(OC)ccc3OC)nc(-c3cnc(C)cn3)n2)s1. The maximum absolute atomic E-state index is 5.59. The van der Waals surface area contributed by atoms with Crippen molar-refractivity contribution >= 4 is 16.5 Å². The van der Waals surface area contributed by atoms with Gasteiger partial charge in [-0.25, -0.2) is 19.9 Å². The first-order valence-corrected chi connectivity index (χ1v) is 11.0. The zero-order valence-electron chi connectivity index (χ0n) is 18.4. The molecule has 0 spiro atoms. The second kappa shape index (κ2) is 9.69. The predicted molar refractivity (Wildman–Crippen MR) is 126 cm³/mol. The lowest BCUT2D eigenvalue weighted by molar-refractivity contribution is 0.404. The Bertz CT molecular complexity index is 1210. The lowest BCUT2D eigenvalue weighted by Crippen LogP contribution is -1.99. The van der Waals surface area contributed by atoms with Gasteiger partial charge in [-0.1, -0.05) is 18.3 Å². The Morgan fingerprint density at radius 3 is 2.47 bits per heavy atom. The Kier molecular flexibility index (Phi) is 6.55. The fraction of sp³-hybridized carbons (Fsp3) is 0.261. The number of nitrogens with one attached hydrogen (secondary N) is 1. The number of aromatic nitrogens is 5. The fourth-order valence-electron chi connectivity index (χ4n) is 3.05. The van der Waals surface area contributed by atoms with E-state index in [0.29, 0.717) is 28.7 Å². The summed E-state index contributed by atoms with van der Waals surface area (Å²) in [4.78, 5) is 23.8. The van der Waals surface area contributed by atoms with E-state index in [1.807, 2.05) is 37.4 Å². The van der Waals surface area contributed by atoms with Crippen molar-refractivity contribution in [2.75, 3.05) is 26.1 Å². The number of aryl methyl sites for hydroxylation is 1. The van der Waals surface area contributed by atoms with E-state index >= 15 is 0 Å². The van der Waals surface area contributed by atoms with Crippen LogP contribution >= 0.6 is 11.3 Å². The number of methoxy groups -OCH3 is 2. The zero-order chi connectivity index (χ0) is 22.5. The molecule has 0 saturated carbocycles. The van der Waals surface area contributed by atoms with Crippen LogP contribution in [0, 0.1) is 6.92 Å². The molecule has 3 heterocycles. The molecule has 8 nitrogen and oxygen atoms in total. The minimum Gasteiger partial charge on any atom is -0.497 e. The first-order chi connectivity index (χ1) is 15.6. The van der Waals surface area contributed by atoms with E-state index in [2.05, 4.69) is 27.2 Å². The lowest BCUT2D eigenvalue weighted by atomic mass is 10.1. The Balaban J connectivity index is 1.87. The molecule has 1 aromatic carbocycles. The van der Waals surface area contributed by atoms with Crippen molar-refractivity contribution in [3.05, 3.63) is 48.5 Å². The van der Waals surface area contributed by atoms with E-state index in [-0.39, 0.29) is 0 Å². The number of hydrogen-bond donors (Lipinski definition) is 1. The maximum Gasteiger partial charge on any atom is 0.183 e. The highest BCUT2D eigenvalue weighted by Gasteiger charge is 2.16. The van der Waals surface area contributed by atoms with Gasteiger partial charge in [0, 0.05) is 24.5 Å². The zero-order valence-corrected chi connectivity index (χ0v) is 19.2. The Morgan fingerprint density at radius 2 is 1.75 bits per heavy atom. The second-order valence-corrected chi connectivity index (χ2v) is 8.06. The largest absolute Gasteiger partial charge is 0.497 e. The molecule has 4 aromatic rings. The van der Waals surface area contributed by atoms with E-state index < -0.39 is 0 Å². The summed E-state index contributed by atoms with van der Waals surface area (Å²) < 4.78 is 11.0. The third-order valence-electron chi connectivity index (χ3n) is 4.70. The normalized spacial score (nSPS) is 10.8. The molecule has 0 aliphatic heterocycles. The number of hydrogen-bond acceptors (Lipinski definition) is 9. The van der Waals surface area contributed by atoms with Crippen LogP contribution in [0.4, 0.5) is 5.13 Å². The van der Waals surface area contributed by atoms with Crippen LogP contribution in [0.2, 0.25) is 0 Å². The van der Waals surface area contributed by atoms with Crippen molar-refractivity contribution in [1.29, 1.82) is 0 Å². The summed E-state index contributed by atoms with van der Waals surface area (Å²) in [5, 5.41) is 4.18. The molecule has 0 unspecified atom stereocenters. The summed E-state index contributed by atoms with van der Waals surface area (Å²) in [6.07, 6.45) is 6.24. The van der Waals surface area contributed by atoms with E-state index in [4.69, 9.17) is 19.4 Å². The van der Waals surface area contributed by atoms with E-state index in [0.717, 1.165) is 39.9 Å². The van der Waals surface area contributed by atoms with Crippen LogP contribution in [0.5, 0.6) is 11.5 Å². The molecular weight excluding hydrogens is 424 g/mol. The van der Waals surface area contributed by atoms with Crippen molar-refractivity contribution in [3.8, 4) is 44.8 Å². The highest BCUT2D eigenvalue weighted by atomic mass is 32.1. The molecule has 0 atom stereocenters. The van der Waals surface area contributed by atoms with Crippen molar-refractivity contribution < 1.29 is 9.47 Å². The maximum atomic E-state index is 5.59. The molecule has 0 aliphatic rings. The van der Waals surface area contributed by atoms with Crippen molar-refractivity contribution in [1.82, 2.24) is 24.9 Å². The van der Waals surface area contributed by atoms with Gasteiger partial charge in [0.15, 0.2) is 11.0 Å². The average Bonchev–Trinajstić information content (AvgIpc) is 3.31. The second-order valence-electron chi connectivity index (χ2n) is 7.03. The molecule has 0 bridgehead atoms. The lowest BCUT2D eigenvalue weighted by Gasteiger charge is -2.12. The molecular formula is C23H24N6O2S. The third-order valence-corrected chi connectivity index (χ3v) is 5.68. The molecule has 0 amide bonds. The number of benzene rings is 1. The van der Waals surface area contributed by atoms with Gasteiger partial charge in [0.25, 0.3) is 0 Å². The molecule has 164 valence electrons. The van der Waals surface area contributed by atoms with Crippen molar-refractivity contribution in [2.24, 2.45) is 0 Å². The average molecular weight is 449 g/mol. The van der Waals surface area contributed by atoms with Gasteiger partial charge in [-0.05, 0) is 37.6 Å². The molecule has 1 N–H and O–H groups in total. The number of anilines is 1. The van der Waals surface area contributed by atoms with Crippen LogP contribution in [-0.4, -0.2) is 45.7 Å². The number of rotatable bonds is 8. The third kappa shape index (κ3) is 4.67. The first kappa shape index (κ1) is 21.6. The number of ether oxygens (including phenoxy) is 2. The van der Waals surface area contributed by atoms with Gasteiger partial charge in [-0.2, -0.15) is 0 Å². The molecule has 0 radical (unpaired) electrons. The molecule has 4 rings (SSSR count). The summed E-state index contributed by atoms with van der Waals surface area (Å²) in [6.45, 7) is 4.88. The van der Waals surface area contributed by atoms with Gasteiger partial charge in [0.05, 0.1) is 42.4 Å². The van der Waals surface area contributed by atoms with Crippen molar-refractivity contribution in [2.45, 2.75) is 20.3 Å². The highest BCUT2D eigenvalue weighted by Crippen LogP contribution is 2.36. The topological polar surface area (TPSA) is 94.9 Å². The molecule has 3 aromatic heterocycles. The van der Waals surface area contributed by atoms with Gasteiger partial charge in [-0.15, -0.1) is 0 Å². The van der Waals surface area contributed by atoms with Crippen LogP contribution in [0.25, 0.3) is 33.3 Å². The summed E-state index contributed by atoms with van der Waals surface area (Å²) >= 11 is 1.55. The fourth-order valence-corrected chi connectivity index (χ4v) is 3.86. The van der Waals surface area contributed by atoms with Crippen LogP contribution in [-0.2, 0) is 0 Å². The van der Waals surface area contributed by atoms with Gasteiger partial charge >= 0.3 is 0 Å². The highest BCUT2D eigenvalue weighted by molar-refractivity contribution is 7.18. The minimum atomic E-state index is 0.478. The van der Waals surface area contributed by atoms with Crippen LogP contribution in [0.3, 0.4) is 0 Å². The Labute approximate surface area is 190 Å². The molecule has 0 aliphatic carbocycles. The van der Waals surface area contributed by atoms with E-state index in [9.17, 15) is 0 Å². The van der Waals surface area contributed by atoms with E-state index in [1.165, 1.54) is 0 Å². The number of nitrogens with zero attached hydrogens (tertiary/aromatic N) is 5. The van der Waals surface area contributed by atoms with E-state index in [1.54, 1.807) is 38.0 Å². The van der Waals surface area contributed by atoms with Gasteiger partial charge in [0.2, 0.25) is 0 Å². The minimum absolute atomic E-state index is 0.478. The molecule has 32 heavy (non-hydrogen) atoms. The quantitative estimate of drug-likeness (QED) is 0.408.